The van der Waals surface area contributed by atoms with E-state index in [1.807, 2.05) is 19.9 Å². The van der Waals surface area contributed by atoms with Crippen LogP contribution in [0.1, 0.15) is 18.1 Å². The number of imide groups is 2. The molecule has 0 spiro atoms. The molecule has 1 aliphatic rings. The second-order valence-electron chi connectivity index (χ2n) is 6.26. The number of ether oxygens (including phenoxy) is 2. The molecule has 4 amide bonds. The second-order valence-corrected chi connectivity index (χ2v) is 6.67. The lowest BCUT2D eigenvalue weighted by molar-refractivity contribution is -0.122. The molecule has 2 aromatic carbocycles. The molecule has 0 saturated carbocycles. The van der Waals surface area contributed by atoms with E-state index >= 15 is 0 Å². The largest absolute Gasteiger partial charge is 0.491 e. The van der Waals surface area contributed by atoms with E-state index in [1.165, 1.54) is 13.2 Å². The number of nitrogens with zero attached hydrogens (tertiary/aromatic N) is 1. The van der Waals surface area contributed by atoms with Gasteiger partial charge in [0.25, 0.3) is 11.8 Å². The number of halogens is 1. The molecule has 0 radical (unpaired) electrons. The summed E-state index contributed by atoms with van der Waals surface area (Å²) in [5.74, 6) is -0.778. The monoisotopic (exact) mass is 414 g/mol. The van der Waals surface area contributed by atoms with E-state index in [2.05, 4.69) is 5.32 Å². The van der Waals surface area contributed by atoms with E-state index < -0.39 is 17.8 Å². The van der Waals surface area contributed by atoms with Crippen molar-refractivity contribution in [3.05, 3.63) is 58.1 Å². The van der Waals surface area contributed by atoms with Crippen LogP contribution in [-0.4, -0.2) is 31.6 Å². The molecule has 0 aromatic heterocycles. The van der Waals surface area contributed by atoms with Gasteiger partial charge in [-0.3, -0.25) is 14.9 Å². The SMILES string of the molecule is CCOc1cc(/C=C2\C(=O)NC(=O)N(c3cccc(C)c3)C2=O)cc(Cl)c1OC. The molecule has 1 fully saturated rings. The number of carbonyl (C=O) groups is 3. The minimum Gasteiger partial charge on any atom is -0.491 e. The van der Waals surface area contributed by atoms with Crippen LogP contribution < -0.4 is 19.7 Å². The molecule has 1 heterocycles. The first-order chi connectivity index (χ1) is 13.8. The van der Waals surface area contributed by atoms with Crippen molar-refractivity contribution < 1.29 is 23.9 Å². The molecular formula is C21H19ClN2O5. The first-order valence-corrected chi connectivity index (χ1v) is 9.22. The lowest BCUT2D eigenvalue weighted by atomic mass is 10.1. The summed E-state index contributed by atoms with van der Waals surface area (Å²) in [5.41, 5.74) is 1.49. The van der Waals surface area contributed by atoms with Crippen LogP contribution >= 0.6 is 11.6 Å². The average molecular weight is 415 g/mol. The fraction of sp³-hybridized carbons (Fsp3) is 0.190. The molecule has 29 heavy (non-hydrogen) atoms. The number of nitrogens with one attached hydrogen (secondary N) is 1. The third-order valence-corrected chi connectivity index (χ3v) is 4.49. The number of carbonyl (C=O) groups excluding carboxylic acids is 3. The van der Waals surface area contributed by atoms with Gasteiger partial charge in [-0.25, -0.2) is 9.69 Å². The standard InChI is InChI=1S/C21H19ClN2O5/c1-4-29-17-11-13(10-16(22)18(17)28-3)9-15-19(25)23-21(27)24(20(15)26)14-7-5-6-12(2)8-14/h5-11H,4H2,1-3H3,(H,23,25,27)/b15-9+. The van der Waals surface area contributed by atoms with Gasteiger partial charge in [-0.15, -0.1) is 0 Å². The van der Waals surface area contributed by atoms with E-state index in [-0.39, 0.29) is 10.6 Å². The maximum atomic E-state index is 13.0. The molecule has 8 heteroatoms. The molecule has 0 unspecified atom stereocenters. The Morgan fingerprint density at radius 2 is 1.93 bits per heavy atom. The number of methoxy groups -OCH3 is 1. The Bertz CT molecular complexity index is 1030. The van der Waals surface area contributed by atoms with E-state index in [0.29, 0.717) is 29.4 Å². The van der Waals surface area contributed by atoms with Crippen LogP contribution in [0.25, 0.3) is 6.08 Å². The van der Waals surface area contributed by atoms with E-state index in [0.717, 1.165) is 10.5 Å². The number of amides is 4. The third-order valence-electron chi connectivity index (χ3n) is 4.21. The number of rotatable bonds is 5. The summed E-state index contributed by atoms with van der Waals surface area (Å²) < 4.78 is 10.8. The van der Waals surface area contributed by atoms with Gasteiger partial charge in [-0.2, -0.15) is 0 Å². The molecule has 3 rings (SSSR count). The van der Waals surface area contributed by atoms with Crippen molar-refractivity contribution in [2.45, 2.75) is 13.8 Å². The van der Waals surface area contributed by atoms with Crippen LogP contribution in [0.3, 0.4) is 0 Å². The quantitative estimate of drug-likeness (QED) is 0.595. The van der Waals surface area contributed by atoms with Crippen LogP contribution in [0.15, 0.2) is 42.0 Å². The molecule has 7 nitrogen and oxygen atoms in total. The smallest absolute Gasteiger partial charge is 0.335 e. The maximum Gasteiger partial charge on any atom is 0.335 e. The molecule has 0 atom stereocenters. The summed E-state index contributed by atoms with van der Waals surface area (Å²) in [6.07, 6.45) is 1.36. The molecule has 0 aliphatic carbocycles. The number of barbiturate groups is 1. The van der Waals surface area contributed by atoms with Gasteiger partial charge < -0.3 is 9.47 Å². The molecule has 1 saturated heterocycles. The van der Waals surface area contributed by atoms with Crippen molar-refractivity contribution in [3.8, 4) is 11.5 Å². The number of benzene rings is 2. The number of hydrogen-bond acceptors (Lipinski definition) is 5. The van der Waals surface area contributed by atoms with Crippen LogP contribution in [0.4, 0.5) is 10.5 Å². The first kappa shape index (κ1) is 20.4. The lowest BCUT2D eigenvalue weighted by Crippen LogP contribution is -2.54. The van der Waals surface area contributed by atoms with Crippen molar-refractivity contribution in [3.63, 3.8) is 0 Å². The normalized spacial score (nSPS) is 15.5. The van der Waals surface area contributed by atoms with Gasteiger partial charge in [0.05, 0.1) is 24.4 Å². The molecule has 1 N–H and O–H groups in total. The summed E-state index contributed by atoms with van der Waals surface area (Å²) in [6, 6.07) is 9.22. The highest BCUT2D eigenvalue weighted by Gasteiger charge is 2.36. The number of anilines is 1. The minimum absolute atomic E-state index is 0.199. The zero-order valence-electron chi connectivity index (χ0n) is 16.1. The van der Waals surface area contributed by atoms with Gasteiger partial charge in [0.1, 0.15) is 5.57 Å². The van der Waals surface area contributed by atoms with E-state index in [1.54, 1.807) is 30.3 Å². The van der Waals surface area contributed by atoms with Crippen molar-refractivity contribution >= 4 is 41.2 Å². The Morgan fingerprint density at radius 3 is 2.59 bits per heavy atom. The third kappa shape index (κ3) is 4.09. The molecular weight excluding hydrogens is 396 g/mol. The first-order valence-electron chi connectivity index (χ1n) is 8.84. The second kappa shape index (κ2) is 8.36. The average Bonchev–Trinajstić information content (AvgIpc) is 2.65. The van der Waals surface area contributed by atoms with Crippen molar-refractivity contribution in [1.82, 2.24) is 5.32 Å². The summed E-state index contributed by atoms with van der Waals surface area (Å²) in [7, 11) is 1.46. The highest BCUT2D eigenvalue weighted by atomic mass is 35.5. The Morgan fingerprint density at radius 1 is 1.17 bits per heavy atom. The number of urea groups is 1. The highest BCUT2D eigenvalue weighted by Crippen LogP contribution is 2.37. The molecule has 1 aliphatic heterocycles. The van der Waals surface area contributed by atoms with Crippen LogP contribution in [0.5, 0.6) is 11.5 Å². The maximum absolute atomic E-state index is 13.0. The fourth-order valence-corrected chi connectivity index (χ4v) is 3.25. The van der Waals surface area contributed by atoms with Crippen molar-refractivity contribution in [2.24, 2.45) is 0 Å². The summed E-state index contributed by atoms with van der Waals surface area (Å²) in [6.45, 7) is 4.02. The van der Waals surface area contributed by atoms with Gasteiger partial charge in [0.15, 0.2) is 11.5 Å². The zero-order valence-corrected chi connectivity index (χ0v) is 16.9. The Hall–Kier alpha value is -3.32. The predicted octanol–water partition coefficient (Wildman–Crippen LogP) is 3.72. The predicted molar refractivity (Wildman–Crippen MR) is 109 cm³/mol. The van der Waals surface area contributed by atoms with Crippen molar-refractivity contribution in [1.29, 1.82) is 0 Å². The van der Waals surface area contributed by atoms with Gasteiger partial charge >= 0.3 is 6.03 Å². The van der Waals surface area contributed by atoms with Gasteiger partial charge in [-0.1, -0.05) is 23.7 Å². The summed E-state index contributed by atoms with van der Waals surface area (Å²) in [4.78, 5) is 38.5. The summed E-state index contributed by atoms with van der Waals surface area (Å²) in [5, 5.41) is 2.46. The molecule has 150 valence electrons. The van der Waals surface area contributed by atoms with Crippen molar-refractivity contribution in [2.75, 3.05) is 18.6 Å². The van der Waals surface area contributed by atoms with Crippen LogP contribution in [-0.2, 0) is 9.59 Å². The van der Waals surface area contributed by atoms with Crippen LogP contribution in [0, 0.1) is 6.92 Å². The fourth-order valence-electron chi connectivity index (χ4n) is 2.96. The Kier molecular flexibility index (Phi) is 5.89. The minimum atomic E-state index is -0.800. The van der Waals surface area contributed by atoms with E-state index in [9.17, 15) is 14.4 Å². The van der Waals surface area contributed by atoms with E-state index in [4.69, 9.17) is 21.1 Å². The van der Waals surface area contributed by atoms with Crippen LogP contribution in [0.2, 0.25) is 5.02 Å². The zero-order chi connectivity index (χ0) is 21.1. The Balaban J connectivity index is 2.05. The van der Waals surface area contributed by atoms with Gasteiger partial charge in [-0.05, 0) is 55.3 Å². The number of aryl methyl sites for hydroxylation is 1. The lowest BCUT2D eigenvalue weighted by Gasteiger charge is -2.26. The number of hydrogen-bond donors (Lipinski definition) is 1. The molecule has 0 bridgehead atoms. The van der Waals surface area contributed by atoms with Gasteiger partial charge in [0, 0.05) is 0 Å². The highest BCUT2D eigenvalue weighted by molar-refractivity contribution is 6.39. The molecule has 2 aromatic rings. The topological polar surface area (TPSA) is 84.9 Å². The van der Waals surface area contributed by atoms with Gasteiger partial charge in [0.2, 0.25) is 0 Å². The summed E-state index contributed by atoms with van der Waals surface area (Å²) >= 11 is 6.24. The Labute approximate surface area is 172 Å².